The molecule has 0 unspecified atom stereocenters. The average molecular weight is 304 g/mol. The van der Waals surface area contributed by atoms with Gasteiger partial charge in [-0.2, -0.15) is 0 Å². The zero-order chi connectivity index (χ0) is 15.8. The number of nitrogens with zero attached hydrogens (tertiary/aromatic N) is 3. The number of para-hydroxylation sites is 1. The van der Waals surface area contributed by atoms with Gasteiger partial charge in [-0.3, -0.25) is 0 Å². The monoisotopic (exact) mass is 304 g/mol. The molecule has 1 N–H and O–H groups in total. The second-order valence-corrected chi connectivity index (χ2v) is 5.63. The fourth-order valence-corrected chi connectivity index (χ4v) is 2.55. The highest BCUT2D eigenvalue weighted by atomic mass is 16.4. The Labute approximate surface area is 133 Å². The molecule has 2 aromatic heterocycles. The van der Waals surface area contributed by atoms with E-state index in [2.05, 4.69) is 15.2 Å². The van der Waals surface area contributed by atoms with Gasteiger partial charge in [0, 0.05) is 36.2 Å². The smallest absolute Gasteiger partial charge is 0.264 e. The molecule has 4 aromatic rings. The topological polar surface area (TPSA) is 58.0 Å². The van der Waals surface area contributed by atoms with E-state index in [4.69, 9.17) is 4.42 Å². The maximum Gasteiger partial charge on any atom is 0.264 e. The van der Waals surface area contributed by atoms with Crippen LogP contribution in [0.2, 0.25) is 0 Å². The third kappa shape index (κ3) is 2.46. The first-order valence-electron chi connectivity index (χ1n) is 7.40. The van der Waals surface area contributed by atoms with Crippen LogP contribution in [0.5, 0.6) is 0 Å². The lowest BCUT2D eigenvalue weighted by molar-refractivity contribution is 0.583. The number of benzene rings is 2. The number of H-pyrrole nitrogens is 1. The summed E-state index contributed by atoms with van der Waals surface area (Å²) < 4.78 is 5.85. The van der Waals surface area contributed by atoms with Crippen molar-refractivity contribution in [3.05, 3.63) is 54.6 Å². The van der Waals surface area contributed by atoms with E-state index in [9.17, 15) is 0 Å². The Morgan fingerprint density at radius 1 is 0.913 bits per heavy atom. The van der Waals surface area contributed by atoms with E-state index in [0.29, 0.717) is 11.8 Å². The van der Waals surface area contributed by atoms with Gasteiger partial charge in [-0.05, 0) is 30.3 Å². The van der Waals surface area contributed by atoms with Crippen LogP contribution >= 0.6 is 0 Å². The fourth-order valence-electron chi connectivity index (χ4n) is 2.55. The summed E-state index contributed by atoms with van der Waals surface area (Å²) in [6.45, 7) is 0. The minimum atomic E-state index is 0.492. The summed E-state index contributed by atoms with van der Waals surface area (Å²) in [4.78, 5) is 5.34. The van der Waals surface area contributed by atoms with Gasteiger partial charge in [0.2, 0.25) is 5.89 Å². The minimum Gasteiger partial charge on any atom is -0.415 e. The fraction of sp³-hybridized carbons (Fsp3) is 0.111. The Kier molecular flexibility index (Phi) is 3.12. The third-order valence-corrected chi connectivity index (χ3v) is 3.79. The standard InChI is InChI=1S/C18H16N4O/c1-22(2)14-8-5-7-13(10-14)17-20-21-18(23-17)16-11-12-6-3-4-9-15(12)19-16/h3-11,19H,1-2H3. The van der Waals surface area contributed by atoms with Crippen molar-refractivity contribution >= 4 is 16.6 Å². The molecule has 4 rings (SSSR count). The SMILES string of the molecule is CN(C)c1cccc(-c2nnc(-c3cc4ccccc4[nH]3)o2)c1. The van der Waals surface area contributed by atoms with Crippen molar-refractivity contribution in [2.75, 3.05) is 19.0 Å². The predicted molar refractivity (Wildman–Crippen MR) is 91.4 cm³/mol. The summed E-state index contributed by atoms with van der Waals surface area (Å²) >= 11 is 0. The van der Waals surface area contributed by atoms with Gasteiger partial charge in [0.05, 0.1) is 0 Å². The third-order valence-electron chi connectivity index (χ3n) is 3.79. The van der Waals surface area contributed by atoms with Gasteiger partial charge in [0.15, 0.2) is 0 Å². The molecule has 0 aliphatic heterocycles. The van der Waals surface area contributed by atoms with E-state index < -0.39 is 0 Å². The van der Waals surface area contributed by atoms with Gasteiger partial charge in [-0.25, -0.2) is 0 Å². The maximum atomic E-state index is 5.85. The highest BCUT2D eigenvalue weighted by Crippen LogP contribution is 2.27. The molecule has 0 saturated carbocycles. The van der Waals surface area contributed by atoms with Crippen molar-refractivity contribution in [3.8, 4) is 23.0 Å². The normalized spacial score (nSPS) is 11.0. The number of nitrogens with one attached hydrogen (secondary N) is 1. The van der Waals surface area contributed by atoms with Crippen molar-refractivity contribution < 1.29 is 4.42 Å². The molecule has 2 aromatic carbocycles. The number of aromatic nitrogens is 3. The van der Waals surface area contributed by atoms with Crippen LogP contribution in [0.15, 0.2) is 59.0 Å². The molecular weight excluding hydrogens is 288 g/mol. The van der Waals surface area contributed by atoms with Crippen molar-refractivity contribution in [2.24, 2.45) is 0 Å². The number of aromatic amines is 1. The Morgan fingerprint density at radius 2 is 1.74 bits per heavy atom. The van der Waals surface area contributed by atoms with Crippen LogP contribution < -0.4 is 4.90 Å². The molecule has 0 saturated heterocycles. The summed E-state index contributed by atoms with van der Waals surface area (Å²) in [5, 5.41) is 9.47. The molecule has 5 nitrogen and oxygen atoms in total. The number of hydrogen-bond acceptors (Lipinski definition) is 4. The van der Waals surface area contributed by atoms with Crippen molar-refractivity contribution in [1.29, 1.82) is 0 Å². The minimum absolute atomic E-state index is 0.492. The molecule has 0 bridgehead atoms. The van der Waals surface area contributed by atoms with Gasteiger partial charge in [-0.15, -0.1) is 10.2 Å². The summed E-state index contributed by atoms with van der Waals surface area (Å²) in [6.07, 6.45) is 0. The highest BCUT2D eigenvalue weighted by Gasteiger charge is 2.13. The second kappa shape index (κ2) is 5.28. The zero-order valence-corrected chi connectivity index (χ0v) is 12.9. The molecule has 0 aliphatic rings. The molecule has 0 spiro atoms. The second-order valence-electron chi connectivity index (χ2n) is 5.63. The molecule has 23 heavy (non-hydrogen) atoms. The van der Waals surface area contributed by atoms with Crippen LogP contribution in [0.1, 0.15) is 0 Å². The van der Waals surface area contributed by atoms with Crippen molar-refractivity contribution in [1.82, 2.24) is 15.2 Å². The van der Waals surface area contributed by atoms with E-state index in [1.807, 2.05) is 73.6 Å². The van der Waals surface area contributed by atoms with E-state index in [1.165, 1.54) is 0 Å². The summed E-state index contributed by atoms with van der Waals surface area (Å²) in [7, 11) is 4.01. The Bertz CT molecular complexity index is 935. The van der Waals surface area contributed by atoms with E-state index >= 15 is 0 Å². The van der Waals surface area contributed by atoms with Crippen LogP contribution in [-0.4, -0.2) is 29.3 Å². The quantitative estimate of drug-likeness (QED) is 0.622. The molecule has 0 radical (unpaired) electrons. The molecule has 0 amide bonds. The summed E-state index contributed by atoms with van der Waals surface area (Å²) in [6, 6.07) is 18.1. The van der Waals surface area contributed by atoms with E-state index in [1.54, 1.807) is 0 Å². The largest absolute Gasteiger partial charge is 0.415 e. The summed E-state index contributed by atoms with van der Waals surface area (Å²) in [5.74, 6) is 1.01. The average Bonchev–Trinajstić information content (AvgIpc) is 3.21. The lowest BCUT2D eigenvalue weighted by Crippen LogP contribution is -2.08. The van der Waals surface area contributed by atoms with Gasteiger partial charge < -0.3 is 14.3 Å². The zero-order valence-electron chi connectivity index (χ0n) is 12.9. The first-order chi connectivity index (χ1) is 11.2. The summed E-state index contributed by atoms with van der Waals surface area (Å²) in [5.41, 5.74) is 3.88. The molecule has 0 aliphatic carbocycles. The van der Waals surface area contributed by atoms with Crippen LogP contribution in [0, 0.1) is 0 Å². The van der Waals surface area contributed by atoms with Gasteiger partial charge in [0.1, 0.15) is 5.69 Å². The number of hydrogen-bond donors (Lipinski definition) is 1. The lowest BCUT2D eigenvalue weighted by Gasteiger charge is -2.12. The van der Waals surface area contributed by atoms with E-state index in [-0.39, 0.29) is 0 Å². The molecule has 0 fully saturated rings. The van der Waals surface area contributed by atoms with Gasteiger partial charge in [0.25, 0.3) is 5.89 Å². The van der Waals surface area contributed by atoms with Crippen LogP contribution in [0.4, 0.5) is 5.69 Å². The first kappa shape index (κ1) is 13.6. The molecule has 0 atom stereocenters. The predicted octanol–water partition coefficient (Wildman–Crippen LogP) is 3.95. The van der Waals surface area contributed by atoms with Crippen LogP contribution in [-0.2, 0) is 0 Å². The lowest BCUT2D eigenvalue weighted by atomic mass is 10.2. The van der Waals surface area contributed by atoms with Gasteiger partial charge >= 0.3 is 0 Å². The van der Waals surface area contributed by atoms with Crippen molar-refractivity contribution in [3.63, 3.8) is 0 Å². The van der Waals surface area contributed by atoms with E-state index in [0.717, 1.165) is 27.8 Å². The maximum absolute atomic E-state index is 5.85. The highest BCUT2D eigenvalue weighted by molar-refractivity contribution is 5.84. The number of anilines is 1. The Balaban J connectivity index is 1.72. The Morgan fingerprint density at radius 3 is 2.57 bits per heavy atom. The number of rotatable bonds is 3. The van der Waals surface area contributed by atoms with Crippen molar-refractivity contribution in [2.45, 2.75) is 0 Å². The van der Waals surface area contributed by atoms with Gasteiger partial charge in [-0.1, -0.05) is 24.3 Å². The first-order valence-corrected chi connectivity index (χ1v) is 7.40. The molecular formula is C18H16N4O. The molecule has 2 heterocycles. The Hall–Kier alpha value is -3.08. The molecule has 114 valence electrons. The van der Waals surface area contributed by atoms with Crippen LogP contribution in [0.25, 0.3) is 33.9 Å². The number of fused-ring (bicyclic) bond motifs is 1. The molecule has 5 heteroatoms. The van der Waals surface area contributed by atoms with Crippen LogP contribution in [0.3, 0.4) is 0 Å².